The number of thiophene rings is 1. The first-order valence-electron chi connectivity index (χ1n) is 8.19. The molecule has 4 rings (SSSR count). The lowest BCUT2D eigenvalue weighted by molar-refractivity contribution is -0.115. The molecule has 0 aliphatic carbocycles. The first-order valence-corrected chi connectivity index (χ1v) is 10.3. The molecule has 1 amide bonds. The number of hydrogen-bond acceptors (Lipinski definition) is 5. The van der Waals surface area contributed by atoms with Gasteiger partial charge < -0.3 is 5.32 Å². The van der Waals surface area contributed by atoms with Gasteiger partial charge in [-0.2, -0.15) is 9.78 Å². The molecule has 3 aromatic heterocycles. The lowest BCUT2D eigenvalue weighted by atomic mass is 10.2. The number of benzene rings is 1. The van der Waals surface area contributed by atoms with Crippen molar-refractivity contribution in [1.29, 1.82) is 0 Å². The lowest BCUT2D eigenvalue weighted by Crippen LogP contribution is -2.16. The standard InChI is InChI=1S/C19H15ClN4OS2/c1-12-9-17(22-18(25)10-15-3-2-8-26-15)24(23-12)19-21-16(11-27-19)13-4-6-14(20)7-5-13/h2-9,11H,10H2,1H3,(H,22,25). The van der Waals surface area contributed by atoms with E-state index < -0.39 is 0 Å². The lowest BCUT2D eigenvalue weighted by Gasteiger charge is -2.06. The zero-order valence-electron chi connectivity index (χ0n) is 14.3. The van der Waals surface area contributed by atoms with Crippen molar-refractivity contribution in [3.8, 4) is 16.4 Å². The van der Waals surface area contributed by atoms with Gasteiger partial charge in [-0.3, -0.25) is 4.79 Å². The number of aryl methyl sites for hydroxylation is 1. The van der Waals surface area contributed by atoms with E-state index in [1.165, 1.54) is 11.3 Å². The minimum Gasteiger partial charge on any atom is -0.310 e. The highest BCUT2D eigenvalue weighted by atomic mass is 35.5. The maximum absolute atomic E-state index is 12.4. The van der Waals surface area contributed by atoms with Crippen molar-refractivity contribution >= 4 is 46.0 Å². The Kier molecular flexibility index (Phi) is 5.07. The topological polar surface area (TPSA) is 59.8 Å². The number of anilines is 1. The molecule has 5 nitrogen and oxygen atoms in total. The summed E-state index contributed by atoms with van der Waals surface area (Å²) >= 11 is 8.99. The third-order valence-corrected chi connectivity index (χ3v) is 5.77. The van der Waals surface area contributed by atoms with E-state index in [2.05, 4.69) is 15.4 Å². The molecule has 0 spiro atoms. The number of nitrogens with one attached hydrogen (secondary N) is 1. The van der Waals surface area contributed by atoms with Gasteiger partial charge in [-0.1, -0.05) is 29.8 Å². The molecule has 4 aromatic rings. The fraction of sp³-hybridized carbons (Fsp3) is 0.105. The molecule has 8 heteroatoms. The number of rotatable bonds is 5. The van der Waals surface area contributed by atoms with Crippen molar-refractivity contribution in [2.45, 2.75) is 13.3 Å². The van der Waals surface area contributed by atoms with Crippen LogP contribution in [0.15, 0.2) is 53.2 Å². The molecule has 1 N–H and O–H groups in total. The number of carbonyl (C=O) groups excluding carboxylic acids is 1. The van der Waals surface area contributed by atoms with Gasteiger partial charge in [0, 0.05) is 26.9 Å². The third kappa shape index (κ3) is 4.10. The molecule has 3 heterocycles. The zero-order valence-corrected chi connectivity index (χ0v) is 16.7. The SMILES string of the molecule is Cc1cc(NC(=O)Cc2cccs2)n(-c2nc(-c3ccc(Cl)cc3)cs2)n1. The van der Waals surface area contributed by atoms with Gasteiger partial charge in [0.05, 0.1) is 17.8 Å². The van der Waals surface area contributed by atoms with E-state index in [-0.39, 0.29) is 5.91 Å². The molecule has 0 saturated carbocycles. The maximum Gasteiger partial charge on any atom is 0.230 e. The third-order valence-electron chi connectivity index (χ3n) is 3.83. The van der Waals surface area contributed by atoms with Gasteiger partial charge in [0.2, 0.25) is 11.0 Å². The number of thiazole rings is 1. The van der Waals surface area contributed by atoms with E-state index in [4.69, 9.17) is 11.6 Å². The van der Waals surface area contributed by atoms with Crippen molar-refractivity contribution < 1.29 is 4.79 Å². The van der Waals surface area contributed by atoms with Crippen LogP contribution >= 0.6 is 34.3 Å². The molecule has 0 fully saturated rings. The van der Waals surface area contributed by atoms with Crippen LogP contribution in [0.3, 0.4) is 0 Å². The Labute approximate surface area is 169 Å². The Morgan fingerprint density at radius 3 is 2.78 bits per heavy atom. The smallest absolute Gasteiger partial charge is 0.230 e. The molecule has 0 atom stereocenters. The monoisotopic (exact) mass is 414 g/mol. The average Bonchev–Trinajstić information content (AvgIpc) is 3.37. The average molecular weight is 415 g/mol. The summed E-state index contributed by atoms with van der Waals surface area (Å²) in [5, 5.41) is 12.7. The van der Waals surface area contributed by atoms with Crippen molar-refractivity contribution in [1.82, 2.24) is 14.8 Å². The fourth-order valence-electron chi connectivity index (χ4n) is 2.61. The number of nitrogens with zero attached hydrogens (tertiary/aromatic N) is 3. The highest BCUT2D eigenvalue weighted by Crippen LogP contribution is 2.27. The summed E-state index contributed by atoms with van der Waals surface area (Å²) in [5.41, 5.74) is 2.63. The summed E-state index contributed by atoms with van der Waals surface area (Å²) in [6, 6.07) is 13.3. The number of halogens is 1. The predicted molar refractivity (Wildman–Crippen MR) is 111 cm³/mol. The van der Waals surface area contributed by atoms with E-state index in [1.54, 1.807) is 16.0 Å². The summed E-state index contributed by atoms with van der Waals surface area (Å²) in [4.78, 5) is 18.0. The van der Waals surface area contributed by atoms with Crippen LogP contribution in [-0.2, 0) is 11.2 Å². The largest absolute Gasteiger partial charge is 0.310 e. The van der Waals surface area contributed by atoms with Gasteiger partial charge in [-0.25, -0.2) is 4.98 Å². The minimum absolute atomic E-state index is 0.0759. The molecule has 0 aliphatic rings. The quantitative estimate of drug-likeness (QED) is 0.488. The molecule has 1 aromatic carbocycles. The molecule has 136 valence electrons. The molecule has 0 unspecified atom stereocenters. The summed E-state index contributed by atoms with van der Waals surface area (Å²) in [6.45, 7) is 1.89. The second kappa shape index (κ2) is 7.64. The molecule has 0 aliphatic heterocycles. The van der Waals surface area contributed by atoms with E-state index in [9.17, 15) is 4.79 Å². The summed E-state index contributed by atoms with van der Waals surface area (Å²) in [7, 11) is 0. The van der Waals surface area contributed by atoms with Crippen molar-refractivity contribution in [2.24, 2.45) is 0 Å². The van der Waals surface area contributed by atoms with Gasteiger partial charge in [0.15, 0.2) is 0 Å². The summed E-state index contributed by atoms with van der Waals surface area (Å²) in [5.74, 6) is 0.541. The number of hydrogen-bond donors (Lipinski definition) is 1. The Bertz CT molecular complexity index is 1070. The maximum atomic E-state index is 12.4. The summed E-state index contributed by atoms with van der Waals surface area (Å²) in [6.07, 6.45) is 0.343. The number of carbonyl (C=O) groups is 1. The normalized spacial score (nSPS) is 10.9. The van der Waals surface area contributed by atoms with Crippen LogP contribution in [0.2, 0.25) is 5.02 Å². The van der Waals surface area contributed by atoms with Crippen molar-refractivity contribution in [3.63, 3.8) is 0 Å². The van der Waals surface area contributed by atoms with Crippen LogP contribution in [0, 0.1) is 6.92 Å². The van der Waals surface area contributed by atoms with Crippen LogP contribution in [-0.4, -0.2) is 20.7 Å². The van der Waals surface area contributed by atoms with Gasteiger partial charge in [0.25, 0.3) is 0 Å². The highest BCUT2D eigenvalue weighted by molar-refractivity contribution is 7.12. The molecular weight excluding hydrogens is 400 g/mol. The molecular formula is C19H15ClN4OS2. The molecule has 27 heavy (non-hydrogen) atoms. The number of amides is 1. The van der Waals surface area contributed by atoms with E-state index in [1.807, 2.05) is 60.1 Å². The second-order valence-corrected chi connectivity index (χ2v) is 8.21. The molecule has 0 saturated heterocycles. The van der Waals surface area contributed by atoms with E-state index in [0.717, 1.165) is 21.8 Å². The highest BCUT2D eigenvalue weighted by Gasteiger charge is 2.15. The van der Waals surface area contributed by atoms with Crippen LogP contribution in [0.1, 0.15) is 10.6 Å². The van der Waals surface area contributed by atoms with Crippen LogP contribution in [0.4, 0.5) is 5.82 Å². The van der Waals surface area contributed by atoms with Gasteiger partial charge in [-0.05, 0) is 30.5 Å². The predicted octanol–water partition coefficient (Wildman–Crippen LogP) is 5.20. The van der Waals surface area contributed by atoms with Crippen LogP contribution in [0.25, 0.3) is 16.4 Å². The number of aromatic nitrogens is 3. The molecule has 0 radical (unpaired) electrons. The Morgan fingerprint density at radius 2 is 2.04 bits per heavy atom. The Morgan fingerprint density at radius 1 is 1.22 bits per heavy atom. The van der Waals surface area contributed by atoms with Crippen molar-refractivity contribution in [3.05, 3.63) is 68.8 Å². The van der Waals surface area contributed by atoms with Crippen LogP contribution in [0.5, 0.6) is 0 Å². The van der Waals surface area contributed by atoms with E-state index in [0.29, 0.717) is 22.4 Å². The second-order valence-electron chi connectivity index (χ2n) is 5.91. The molecule has 0 bridgehead atoms. The Hall–Kier alpha value is -2.48. The minimum atomic E-state index is -0.0759. The van der Waals surface area contributed by atoms with Gasteiger partial charge in [0.1, 0.15) is 5.82 Å². The first kappa shape index (κ1) is 17.9. The van der Waals surface area contributed by atoms with Crippen LogP contribution < -0.4 is 5.32 Å². The first-order chi connectivity index (χ1) is 13.1. The zero-order chi connectivity index (χ0) is 18.8. The van der Waals surface area contributed by atoms with Gasteiger partial charge >= 0.3 is 0 Å². The van der Waals surface area contributed by atoms with Gasteiger partial charge in [-0.15, -0.1) is 22.7 Å². The van der Waals surface area contributed by atoms with E-state index >= 15 is 0 Å². The fourth-order valence-corrected chi connectivity index (χ4v) is 4.23. The Balaban J connectivity index is 1.57. The van der Waals surface area contributed by atoms with Crippen molar-refractivity contribution in [2.75, 3.05) is 5.32 Å². The summed E-state index contributed by atoms with van der Waals surface area (Å²) < 4.78 is 1.67.